The second-order valence-corrected chi connectivity index (χ2v) is 12.2. The van der Waals surface area contributed by atoms with Crippen LogP contribution < -0.4 is 0 Å². The van der Waals surface area contributed by atoms with Crippen molar-refractivity contribution < 1.29 is 23.4 Å². The Morgan fingerprint density at radius 2 is 1.22 bits per heavy atom. The van der Waals surface area contributed by atoms with Crippen molar-refractivity contribution in [2.75, 3.05) is 59.7 Å². The van der Waals surface area contributed by atoms with E-state index in [9.17, 15) is 0 Å². The van der Waals surface area contributed by atoms with Crippen molar-refractivity contribution in [3.8, 4) is 0 Å². The molecule has 0 radical (unpaired) electrons. The van der Waals surface area contributed by atoms with Gasteiger partial charge in [-0.25, -0.2) is 0 Å². The normalized spacial score (nSPS) is 21.6. The zero-order chi connectivity index (χ0) is 26.3. The third kappa shape index (κ3) is 17.9. The van der Waals surface area contributed by atoms with E-state index < -0.39 is 0 Å². The molecule has 2 rings (SSSR count). The number of rotatable bonds is 25. The Balaban J connectivity index is 1.27. The molecular weight excluding hydrogens is 462 g/mol. The van der Waals surface area contributed by atoms with Crippen LogP contribution in [0.3, 0.4) is 0 Å². The fourth-order valence-electron chi connectivity index (χ4n) is 5.70. The number of morpholine rings is 1. The first-order chi connectivity index (χ1) is 18.2. The molecule has 2 aliphatic rings. The monoisotopic (exact) mass is 526 g/mol. The van der Waals surface area contributed by atoms with Gasteiger partial charge in [0.15, 0.2) is 6.29 Å². The van der Waals surface area contributed by atoms with Crippen LogP contribution >= 0.6 is 0 Å². The third-order valence-corrected chi connectivity index (χ3v) is 8.45. The Morgan fingerprint density at radius 1 is 0.676 bits per heavy atom. The van der Waals surface area contributed by atoms with Crippen LogP contribution in [0.5, 0.6) is 0 Å². The van der Waals surface area contributed by atoms with E-state index in [-0.39, 0.29) is 12.4 Å². The van der Waals surface area contributed by atoms with E-state index >= 15 is 0 Å². The summed E-state index contributed by atoms with van der Waals surface area (Å²) in [5, 5.41) is 0. The van der Waals surface area contributed by atoms with Gasteiger partial charge in [0.2, 0.25) is 0 Å². The van der Waals surface area contributed by atoms with Crippen LogP contribution in [0.15, 0.2) is 0 Å². The lowest BCUT2D eigenvalue weighted by atomic mass is 10.0. The van der Waals surface area contributed by atoms with Gasteiger partial charge in [-0.2, -0.15) is 0 Å². The lowest BCUT2D eigenvalue weighted by Crippen LogP contribution is -2.52. The Morgan fingerprint density at radius 3 is 1.84 bits per heavy atom. The molecule has 2 fully saturated rings. The van der Waals surface area contributed by atoms with E-state index in [4.69, 9.17) is 18.9 Å². The predicted octanol–water partition coefficient (Wildman–Crippen LogP) is 8.04. The first-order valence-corrected chi connectivity index (χ1v) is 16.5. The second-order valence-electron chi connectivity index (χ2n) is 12.2. The van der Waals surface area contributed by atoms with Gasteiger partial charge in [0.1, 0.15) is 19.2 Å². The highest BCUT2D eigenvalue weighted by molar-refractivity contribution is 4.65. The minimum absolute atomic E-state index is 0.000231. The molecule has 0 saturated carbocycles. The molecule has 0 bridgehead atoms. The van der Waals surface area contributed by atoms with Crippen molar-refractivity contribution in [2.24, 2.45) is 0 Å². The summed E-state index contributed by atoms with van der Waals surface area (Å²) in [6.45, 7) is 10.0. The minimum atomic E-state index is 0.000231. The molecule has 0 aliphatic carbocycles. The standard InChI is InChI=1S/C32H64NO4/c1-3-4-5-6-7-8-9-10-11-12-13-14-15-16-19-22-32-36-30-31(37-32)29-35-26-21-18-17-20-23-33(2)24-27-34-28-25-33/h31-32H,3-30H2,1-2H3/q+1/t31-,32-/m0/s1. The van der Waals surface area contributed by atoms with Crippen LogP contribution in [0.1, 0.15) is 135 Å². The second kappa shape index (κ2) is 22.6. The van der Waals surface area contributed by atoms with Gasteiger partial charge in [-0.05, 0) is 32.1 Å². The molecule has 2 saturated heterocycles. The summed E-state index contributed by atoms with van der Waals surface area (Å²) >= 11 is 0. The smallest absolute Gasteiger partial charge is 0.158 e. The molecule has 0 amide bonds. The van der Waals surface area contributed by atoms with Gasteiger partial charge in [-0.1, -0.05) is 103 Å². The first-order valence-electron chi connectivity index (χ1n) is 16.5. The summed E-state index contributed by atoms with van der Waals surface area (Å²) < 4.78 is 24.5. The molecular formula is C32H64NO4+. The molecule has 5 heteroatoms. The summed E-state index contributed by atoms with van der Waals surface area (Å²) in [5.74, 6) is 0. The molecule has 0 spiro atoms. The molecule has 5 nitrogen and oxygen atoms in total. The summed E-state index contributed by atoms with van der Waals surface area (Å²) in [7, 11) is 2.38. The van der Waals surface area contributed by atoms with E-state index in [1.807, 2.05) is 0 Å². The van der Waals surface area contributed by atoms with Gasteiger partial charge >= 0.3 is 0 Å². The lowest BCUT2D eigenvalue weighted by molar-refractivity contribution is -0.917. The molecule has 0 unspecified atom stereocenters. The van der Waals surface area contributed by atoms with Gasteiger partial charge in [0.05, 0.1) is 40.0 Å². The number of unbranched alkanes of at least 4 members (excludes halogenated alkanes) is 17. The highest BCUT2D eigenvalue weighted by Gasteiger charge is 2.26. The van der Waals surface area contributed by atoms with Crippen molar-refractivity contribution in [1.82, 2.24) is 0 Å². The third-order valence-electron chi connectivity index (χ3n) is 8.45. The average Bonchev–Trinajstić information content (AvgIpc) is 3.36. The highest BCUT2D eigenvalue weighted by atomic mass is 16.7. The van der Waals surface area contributed by atoms with Crippen LogP contribution in [0.4, 0.5) is 0 Å². The molecule has 2 heterocycles. The minimum Gasteiger partial charge on any atom is -0.379 e. The zero-order valence-electron chi connectivity index (χ0n) is 25.0. The largest absolute Gasteiger partial charge is 0.379 e. The van der Waals surface area contributed by atoms with Gasteiger partial charge in [-0.15, -0.1) is 0 Å². The highest BCUT2D eigenvalue weighted by Crippen LogP contribution is 2.19. The van der Waals surface area contributed by atoms with E-state index in [1.165, 1.54) is 140 Å². The van der Waals surface area contributed by atoms with Crippen LogP contribution in [0.2, 0.25) is 0 Å². The van der Waals surface area contributed by atoms with Crippen LogP contribution in [-0.4, -0.2) is 76.6 Å². The van der Waals surface area contributed by atoms with Crippen molar-refractivity contribution in [3.63, 3.8) is 0 Å². The van der Waals surface area contributed by atoms with E-state index in [0.29, 0.717) is 13.2 Å². The van der Waals surface area contributed by atoms with Crippen molar-refractivity contribution in [2.45, 2.75) is 148 Å². The van der Waals surface area contributed by atoms with Crippen molar-refractivity contribution in [3.05, 3.63) is 0 Å². The molecule has 2 atom stereocenters. The summed E-state index contributed by atoms with van der Waals surface area (Å²) in [4.78, 5) is 0. The number of ether oxygens (including phenoxy) is 4. The van der Waals surface area contributed by atoms with E-state index in [1.54, 1.807) is 0 Å². The van der Waals surface area contributed by atoms with Gasteiger partial charge in [0, 0.05) is 6.61 Å². The SMILES string of the molecule is CCCCCCCCCCCCCCCCC[C@H]1OC[C@H](COCCCCCC[N+]2(C)CCOCC2)O1. The molecule has 2 aliphatic heterocycles. The molecule has 0 N–H and O–H groups in total. The Kier molecular flexibility index (Phi) is 20.2. The Labute approximate surface area is 230 Å². The molecule has 0 aromatic rings. The Bertz CT molecular complexity index is 497. The number of quaternary nitrogens is 1. The average molecular weight is 527 g/mol. The maximum Gasteiger partial charge on any atom is 0.158 e. The summed E-state index contributed by atoms with van der Waals surface area (Å²) in [5.41, 5.74) is 0. The van der Waals surface area contributed by atoms with E-state index in [2.05, 4.69) is 14.0 Å². The van der Waals surface area contributed by atoms with Gasteiger partial charge in [-0.3, -0.25) is 0 Å². The first kappa shape index (κ1) is 33.0. The van der Waals surface area contributed by atoms with Crippen LogP contribution in [0, 0.1) is 0 Å². The fraction of sp³-hybridized carbons (Fsp3) is 1.00. The maximum atomic E-state index is 6.04. The van der Waals surface area contributed by atoms with Crippen molar-refractivity contribution >= 4 is 0 Å². The quantitative estimate of drug-likeness (QED) is 0.0891. The van der Waals surface area contributed by atoms with Crippen molar-refractivity contribution in [1.29, 1.82) is 0 Å². The topological polar surface area (TPSA) is 36.9 Å². The molecule has 0 aromatic carbocycles. The van der Waals surface area contributed by atoms with Crippen LogP contribution in [-0.2, 0) is 18.9 Å². The maximum absolute atomic E-state index is 6.04. The zero-order valence-corrected chi connectivity index (χ0v) is 25.0. The van der Waals surface area contributed by atoms with Gasteiger partial charge in [0.25, 0.3) is 0 Å². The number of hydrogen-bond donors (Lipinski definition) is 0. The molecule has 37 heavy (non-hydrogen) atoms. The summed E-state index contributed by atoms with van der Waals surface area (Å²) in [6.07, 6.45) is 27.3. The molecule has 220 valence electrons. The summed E-state index contributed by atoms with van der Waals surface area (Å²) in [6, 6.07) is 0. The number of hydrogen-bond acceptors (Lipinski definition) is 4. The predicted molar refractivity (Wildman–Crippen MR) is 155 cm³/mol. The van der Waals surface area contributed by atoms with Crippen LogP contribution in [0.25, 0.3) is 0 Å². The lowest BCUT2D eigenvalue weighted by Gasteiger charge is -2.37. The number of nitrogens with zero attached hydrogens (tertiary/aromatic N) is 1. The fourth-order valence-corrected chi connectivity index (χ4v) is 5.70. The van der Waals surface area contributed by atoms with Gasteiger partial charge < -0.3 is 23.4 Å². The number of likely N-dealkylation sites (N-methyl/N-ethyl adjacent to an activating group) is 1. The molecule has 0 aromatic heterocycles. The van der Waals surface area contributed by atoms with E-state index in [0.717, 1.165) is 32.7 Å². The Hall–Kier alpha value is -0.200.